The fourth-order valence-corrected chi connectivity index (χ4v) is 3.44. The van der Waals surface area contributed by atoms with Crippen LogP contribution in [0.4, 0.5) is 17.3 Å². The summed E-state index contributed by atoms with van der Waals surface area (Å²) in [5.41, 5.74) is 1.23. The zero-order chi connectivity index (χ0) is 17.4. The number of aromatic nitrogens is 4. The molecule has 0 unspecified atom stereocenters. The van der Waals surface area contributed by atoms with E-state index in [1.165, 1.54) is 0 Å². The number of nitrogens with zero attached hydrogens (tertiary/aromatic N) is 6. The molecule has 4 heterocycles. The summed E-state index contributed by atoms with van der Waals surface area (Å²) in [7, 11) is 2.01. The Morgan fingerprint density at radius 3 is 3.04 bits per heavy atom. The first-order valence-electron chi connectivity index (χ1n) is 7.97. The van der Waals surface area contributed by atoms with Crippen LogP contribution in [-0.2, 0) is 0 Å². The molecule has 3 aromatic heterocycles. The molecule has 8 heteroatoms. The number of H-pyrrole nitrogens is 1. The summed E-state index contributed by atoms with van der Waals surface area (Å²) in [5.74, 6) is 1.73. The van der Waals surface area contributed by atoms with Gasteiger partial charge < -0.3 is 14.8 Å². The van der Waals surface area contributed by atoms with Crippen molar-refractivity contribution in [2.24, 2.45) is 0 Å². The predicted molar refractivity (Wildman–Crippen MR) is 98.4 cm³/mol. The van der Waals surface area contributed by atoms with Crippen molar-refractivity contribution >= 4 is 40.0 Å². The van der Waals surface area contributed by atoms with Gasteiger partial charge in [-0.15, -0.1) is 0 Å². The van der Waals surface area contributed by atoms with Crippen LogP contribution in [0.15, 0.2) is 30.7 Å². The van der Waals surface area contributed by atoms with Gasteiger partial charge in [-0.1, -0.05) is 11.6 Å². The van der Waals surface area contributed by atoms with Crippen LogP contribution in [0.5, 0.6) is 0 Å². The highest BCUT2D eigenvalue weighted by atomic mass is 35.5. The SMILES string of the molecule is [C-]#[N+]c1ccc(N(C)[C@@H]2CCN(c3ncnc4[nH]ccc34)C2)nc1Cl. The summed E-state index contributed by atoms with van der Waals surface area (Å²) in [5, 5.41) is 1.28. The van der Waals surface area contributed by atoms with Gasteiger partial charge in [0.2, 0.25) is 5.69 Å². The third kappa shape index (κ3) is 2.75. The fourth-order valence-electron chi connectivity index (χ4n) is 3.25. The van der Waals surface area contributed by atoms with Crippen LogP contribution in [0.1, 0.15) is 6.42 Å². The number of likely N-dealkylation sites (N-methyl/N-ethyl adjacent to an activating group) is 1. The molecule has 0 aliphatic carbocycles. The lowest BCUT2D eigenvalue weighted by atomic mass is 10.2. The van der Waals surface area contributed by atoms with E-state index < -0.39 is 0 Å². The number of nitrogens with one attached hydrogen (secondary N) is 1. The highest BCUT2D eigenvalue weighted by Crippen LogP contribution is 2.30. The highest BCUT2D eigenvalue weighted by molar-refractivity contribution is 6.32. The predicted octanol–water partition coefficient (Wildman–Crippen LogP) is 3.27. The zero-order valence-corrected chi connectivity index (χ0v) is 14.4. The molecule has 1 saturated heterocycles. The minimum absolute atomic E-state index is 0.249. The molecule has 0 spiro atoms. The van der Waals surface area contributed by atoms with Crippen LogP contribution < -0.4 is 9.80 Å². The summed E-state index contributed by atoms with van der Waals surface area (Å²) >= 11 is 6.08. The van der Waals surface area contributed by atoms with Crippen molar-refractivity contribution in [3.63, 3.8) is 0 Å². The normalized spacial score (nSPS) is 17.0. The molecule has 126 valence electrons. The number of halogens is 1. The summed E-state index contributed by atoms with van der Waals surface area (Å²) in [6.07, 6.45) is 4.47. The van der Waals surface area contributed by atoms with Gasteiger partial charge in [-0.25, -0.2) is 19.8 Å². The molecule has 25 heavy (non-hydrogen) atoms. The monoisotopic (exact) mass is 353 g/mol. The highest BCUT2D eigenvalue weighted by Gasteiger charge is 2.28. The van der Waals surface area contributed by atoms with Crippen LogP contribution in [0.3, 0.4) is 0 Å². The first kappa shape index (κ1) is 15.7. The van der Waals surface area contributed by atoms with Gasteiger partial charge in [0.1, 0.15) is 28.8 Å². The number of aromatic amines is 1. The Morgan fingerprint density at radius 2 is 2.24 bits per heavy atom. The lowest BCUT2D eigenvalue weighted by Gasteiger charge is -2.26. The van der Waals surface area contributed by atoms with E-state index in [0.717, 1.165) is 42.2 Å². The number of hydrogen-bond acceptors (Lipinski definition) is 5. The topological polar surface area (TPSA) is 65.3 Å². The third-order valence-corrected chi connectivity index (χ3v) is 4.92. The molecule has 1 aliphatic heterocycles. The molecule has 0 amide bonds. The molecule has 1 aliphatic rings. The molecule has 3 aromatic rings. The average molecular weight is 354 g/mol. The maximum absolute atomic E-state index is 7.07. The van der Waals surface area contributed by atoms with Gasteiger partial charge in [0.25, 0.3) is 0 Å². The van der Waals surface area contributed by atoms with E-state index in [-0.39, 0.29) is 5.15 Å². The van der Waals surface area contributed by atoms with E-state index in [1.807, 2.05) is 25.4 Å². The van der Waals surface area contributed by atoms with Crippen LogP contribution in [0.2, 0.25) is 5.15 Å². The van der Waals surface area contributed by atoms with Crippen LogP contribution in [0.25, 0.3) is 15.9 Å². The maximum atomic E-state index is 7.07. The summed E-state index contributed by atoms with van der Waals surface area (Å²) < 4.78 is 0. The zero-order valence-electron chi connectivity index (χ0n) is 13.6. The van der Waals surface area contributed by atoms with Gasteiger partial charge in [-0.3, -0.25) is 0 Å². The van der Waals surface area contributed by atoms with Crippen LogP contribution in [-0.4, -0.2) is 46.1 Å². The fraction of sp³-hybridized carbons (Fsp3) is 0.294. The van der Waals surface area contributed by atoms with Gasteiger partial charge in [0.15, 0.2) is 0 Å². The lowest BCUT2D eigenvalue weighted by molar-refractivity contribution is 0.684. The van der Waals surface area contributed by atoms with Gasteiger partial charge in [-0.05, 0) is 24.6 Å². The molecule has 1 N–H and O–H groups in total. The van der Waals surface area contributed by atoms with Gasteiger partial charge >= 0.3 is 0 Å². The molecule has 0 radical (unpaired) electrons. The van der Waals surface area contributed by atoms with E-state index in [0.29, 0.717) is 11.7 Å². The first-order chi connectivity index (χ1) is 12.2. The third-order valence-electron chi connectivity index (χ3n) is 4.64. The number of pyridine rings is 1. The van der Waals surface area contributed by atoms with E-state index >= 15 is 0 Å². The smallest absolute Gasteiger partial charge is 0.223 e. The Morgan fingerprint density at radius 1 is 1.36 bits per heavy atom. The molecular weight excluding hydrogens is 338 g/mol. The van der Waals surface area contributed by atoms with Crippen molar-refractivity contribution in [3.8, 4) is 0 Å². The number of hydrogen-bond donors (Lipinski definition) is 1. The van der Waals surface area contributed by atoms with Crippen molar-refractivity contribution in [1.82, 2.24) is 19.9 Å². The van der Waals surface area contributed by atoms with E-state index in [2.05, 4.69) is 34.6 Å². The second-order valence-corrected chi connectivity index (χ2v) is 6.39. The van der Waals surface area contributed by atoms with Gasteiger partial charge in [0.05, 0.1) is 12.0 Å². The Balaban J connectivity index is 1.55. The molecule has 7 nitrogen and oxygen atoms in total. The van der Waals surface area contributed by atoms with E-state index in [1.54, 1.807) is 12.4 Å². The van der Waals surface area contributed by atoms with Gasteiger partial charge in [0, 0.05) is 32.4 Å². The van der Waals surface area contributed by atoms with Crippen molar-refractivity contribution in [1.29, 1.82) is 0 Å². The largest absolute Gasteiger partial charge is 0.355 e. The number of anilines is 2. The molecule has 1 fully saturated rings. The average Bonchev–Trinajstić information content (AvgIpc) is 3.30. The first-order valence-corrected chi connectivity index (χ1v) is 8.35. The second kappa shape index (κ2) is 6.22. The standard InChI is InChI=1S/C17H16ClN7/c1-19-13-3-4-14(23-15(13)18)24(2)11-6-8-25(9-11)17-12-5-7-20-16(12)21-10-22-17/h3-5,7,10-11H,6,8-9H2,2H3,(H,20,21,22)/t11-/m1/s1. The molecule has 0 saturated carbocycles. The Kier molecular flexibility index (Phi) is 3.90. The molecule has 0 bridgehead atoms. The molecular formula is C17H16ClN7. The molecule has 4 rings (SSSR count). The van der Waals surface area contributed by atoms with Crippen molar-refractivity contribution in [2.75, 3.05) is 29.9 Å². The van der Waals surface area contributed by atoms with E-state index in [9.17, 15) is 0 Å². The Labute approximate surface area is 150 Å². The number of rotatable bonds is 3. The summed E-state index contributed by atoms with van der Waals surface area (Å²) in [6, 6.07) is 5.86. The molecule has 0 aromatic carbocycles. The summed E-state index contributed by atoms with van der Waals surface area (Å²) in [6.45, 7) is 8.83. The summed E-state index contributed by atoms with van der Waals surface area (Å²) in [4.78, 5) is 23.9. The lowest BCUT2D eigenvalue weighted by Crippen LogP contribution is -2.35. The second-order valence-electron chi connectivity index (χ2n) is 6.03. The number of fused-ring (bicyclic) bond motifs is 1. The minimum Gasteiger partial charge on any atom is -0.355 e. The Hall–Kier alpha value is -2.85. The maximum Gasteiger partial charge on any atom is 0.223 e. The quantitative estimate of drug-likeness (QED) is 0.578. The minimum atomic E-state index is 0.249. The Bertz CT molecular complexity index is 961. The van der Waals surface area contributed by atoms with Crippen LogP contribution in [0, 0.1) is 6.57 Å². The van der Waals surface area contributed by atoms with Crippen LogP contribution >= 0.6 is 11.6 Å². The van der Waals surface area contributed by atoms with Gasteiger partial charge in [-0.2, -0.15) is 0 Å². The van der Waals surface area contributed by atoms with E-state index in [4.69, 9.17) is 18.2 Å². The molecule has 1 atom stereocenters. The van der Waals surface area contributed by atoms with Crippen molar-refractivity contribution in [3.05, 3.63) is 47.3 Å². The van der Waals surface area contributed by atoms with Crippen molar-refractivity contribution in [2.45, 2.75) is 12.5 Å². The van der Waals surface area contributed by atoms with Crippen molar-refractivity contribution < 1.29 is 0 Å².